The molecule has 0 saturated heterocycles. The van der Waals surface area contributed by atoms with Crippen LogP contribution < -0.4 is 10.0 Å². The van der Waals surface area contributed by atoms with Gasteiger partial charge >= 0.3 is 0 Å². The Kier molecular flexibility index (Phi) is 5.64. The summed E-state index contributed by atoms with van der Waals surface area (Å²) >= 11 is 4.26. The van der Waals surface area contributed by atoms with Gasteiger partial charge in [-0.05, 0) is 69.8 Å². The SMILES string of the molecule is CNc1ncc2cc(-c3cccc(NSc4ccc(Br)c(F)c4)c3F)ccc2n1. The molecule has 0 saturated carbocycles. The van der Waals surface area contributed by atoms with Crippen LogP contribution in [-0.4, -0.2) is 17.0 Å². The van der Waals surface area contributed by atoms with Gasteiger partial charge in [0.05, 0.1) is 15.7 Å². The summed E-state index contributed by atoms with van der Waals surface area (Å²) in [5.41, 5.74) is 2.27. The Bertz CT molecular complexity index is 1200. The Balaban J connectivity index is 1.62. The van der Waals surface area contributed by atoms with Crippen LogP contribution >= 0.6 is 27.9 Å². The molecule has 3 aromatic carbocycles. The minimum absolute atomic E-state index is 0.317. The van der Waals surface area contributed by atoms with Crippen LogP contribution in [0, 0.1) is 11.6 Å². The zero-order chi connectivity index (χ0) is 20.4. The summed E-state index contributed by atoms with van der Waals surface area (Å²) in [6.07, 6.45) is 1.70. The quantitative estimate of drug-likeness (QED) is 0.324. The average Bonchev–Trinajstić information content (AvgIpc) is 2.74. The minimum Gasteiger partial charge on any atom is -0.357 e. The van der Waals surface area contributed by atoms with Gasteiger partial charge in [-0.25, -0.2) is 18.7 Å². The van der Waals surface area contributed by atoms with E-state index in [2.05, 4.69) is 35.9 Å². The zero-order valence-corrected chi connectivity index (χ0v) is 17.6. The summed E-state index contributed by atoms with van der Waals surface area (Å²) in [5.74, 6) is -0.223. The molecule has 0 unspecified atom stereocenters. The topological polar surface area (TPSA) is 49.8 Å². The highest BCUT2D eigenvalue weighted by Gasteiger charge is 2.12. The lowest BCUT2D eigenvalue weighted by Crippen LogP contribution is -1.96. The van der Waals surface area contributed by atoms with Gasteiger partial charge in [0.25, 0.3) is 0 Å². The number of nitrogens with one attached hydrogen (secondary N) is 2. The normalized spacial score (nSPS) is 10.9. The number of halogens is 3. The van der Waals surface area contributed by atoms with Crippen LogP contribution in [0.1, 0.15) is 0 Å². The van der Waals surface area contributed by atoms with Crippen molar-refractivity contribution < 1.29 is 8.78 Å². The molecule has 1 heterocycles. The van der Waals surface area contributed by atoms with Crippen molar-refractivity contribution in [1.29, 1.82) is 0 Å². The molecule has 8 heteroatoms. The van der Waals surface area contributed by atoms with Crippen molar-refractivity contribution in [2.24, 2.45) is 0 Å². The Morgan fingerprint density at radius 1 is 1.03 bits per heavy atom. The smallest absolute Gasteiger partial charge is 0.222 e. The van der Waals surface area contributed by atoms with Crippen molar-refractivity contribution in [3.63, 3.8) is 0 Å². The molecule has 0 aliphatic rings. The summed E-state index contributed by atoms with van der Waals surface area (Å²) in [6.45, 7) is 0. The van der Waals surface area contributed by atoms with Gasteiger partial charge in [-0.2, -0.15) is 0 Å². The molecule has 1 aromatic heterocycles. The first-order chi connectivity index (χ1) is 14.0. The molecule has 0 amide bonds. The van der Waals surface area contributed by atoms with Crippen molar-refractivity contribution in [1.82, 2.24) is 9.97 Å². The molecular weight excluding hydrogens is 458 g/mol. The van der Waals surface area contributed by atoms with E-state index in [4.69, 9.17) is 0 Å². The lowest BCUT2D eigenvalue weighted by molar-refractivity contribution is 0.617. The number of aromatic nitrogens is 2. The number of rotatable bonds is 5. The summed E-state index contributed by atoms with van der Waals surface area (Å²) in [4.78, 5) is 9.23. The van der Waals surface area contributed by atoms with Gasteiger partial charge in [0.1, 0.15) is 5.82 Å². The second-order valence-electron chi connectivity index (χ2n) is 6.16. The van der Waals surface area contributed by atoms with Crippen molar-refractivity contribution in [2.75, 3.05) is 17.1 Å². The van der Waals surface area contributed by atoms with E-state index >= 15 is 4.39 Å². The van der Waals surface area contributed by atoms with Crippen LogP contribution in [0.3, 0.4) is 0 Å². The second kappa shape index (κ2) is 8.34. The summed E-state index contributed by atoms with van der Waals surface area (Å²) in [7, 11) is 1.75. The molecule has 4 rings (SSSR count). The molecule has 0 fully saturated rings. The third kappa shape index (κ3) is 4.18. The monoisotopic (exact) mass is 472 g/mol. The van der Waals surface area contributed by atoms with E-state index in [9.17, 15) is 4.39 Å². The van der Waals surface area contributed by atoms with Gasteiger partial charge in [0.15, 0.2) is 5.82 Å². The lowest BCUT2D eigenvalue weighted by Gasteiger charge is -2.11. The molecular formula is C21H15BrF2N4S. The standard InChI is InChI=1S/C21H15BrF2N4S/c1-25-21-26-11-13-9-12(5-8-18(13)27-21)15-3-2-4-19(20(15)24)28-29-14-6-7-16(22)17(23)10-14/h2-11,28H,1H3,(H,25,26,27). The number of hydrogen-bond acceptors (Lipinski definition) is 5. The van der Waals surface area contributed by atoms with Crippen molar-refractivity contribution in [3.8, 4) is 11.1 Å². The predicted octanol–water partition coefficient (Wildman–Crippen LogP) is 6.50. The molecule has 0 spiro atoms. The Labute approximate surface area is 179 Å². The molecule has 4 aromatic rings. The van der Waals surface area contributed by atoms with Gasteiger partial charge in [0.2, 0.25) is 5.95 Å². The van der Waals surface area contributed by atoms with Crippen molar-refractivity contribution in [2.45, 2.75) is 4.90 Å². The van der Waals surface area contributed by atoms with Crippen LogP contribution in [-0.2, 0) is 0 Å². The number of benzene rings is 3. The number of hydrogen-bond donors (Lipinski definition) is 2. The maximum absolute atomic E-state index is 15.1. The molecule has 4 nitrogen and oxygen atoms in total. The second-order valence-corrected chi connectivity index (χ2v) is 7.90. The van der Waals surface area contributed by atoms with Crippen LogP contribution in [0.5, 0.6) is 0 Å². The highest BCUT2D eigenvalue weighted by molar-refractivity contribution is 9.10. The fourth-order valence-electron chi connectivity index (χ4n) is 2.81. The molecule has 0 atom stereocenters. The lowest BCUT2D eigenvalue weighted by atomic mass is 10.0. The van der Waals surface area contributed by atoms with Gasteiger partial charge in [-0.1, -0.05) is 18.2 Å². The minimum atomic E-state index is -0.385. The van der Waals surface area contributed by atoms with Crippen LogP contribution in [0.15, 0.2) is 70.2 Å². The van der Waals surface area contributed by atoms with E-state index in [1.807, 2.05) is 18.2 Å². The number of nitrogens with zero attached hydrogens (tertiary/aromatic N) is 2. The Hall–Kier alpha value is -2.71. The molecule has 0 aliphatic heterocycles. The number of anilines is 2. The maximum Gasteiger partial charge on any atom is 0.222 e. The maximum atomic E-state index is 15.1. The molecule has 29 heavy (non-hydrogen) atoms. The van der Waals surface area contributed by atoms with E-state index in [0.29, 0.717) is 26.6 Å². The molecule has 0 bridgehead atoms. The third-order valence-corrected chi connectivity index (χ3v) is 5.74. The first-order valence-electron chi connectivity index (χ1n) is 8.66. The summed E-state index contributed by atoms with van der Waals surface area (Å²) < 4.78 is 32.1. The molecule has 0 aliphatic carbocycles. The Morgan fingerprint density at radius 2 is 1.90 bits per heavy atom. The van der Waals surface area contributed by atoms with E-state index in [0.717, 1.165) is 28.4 Å². The zero-order valence-electron chi connectivity index (χ0n) is 15.2. The largest absolute Gasteiger partial charge is 0.357 e. The highest BCUT2D eigenvalue weighted by atomic mass is 79.9. The predicted molar refractivity (Wildman–Crippen MR) is 118 cm³/mol. The third-order valence-electron chi connectivity index (χ3n) is 4.28. The molecule has 0 radical (unpaired) electrons. The van der Waals surface area contributed by atoms with E-state index in [-0.39, 0.29) is 11.6 Å². The Morgan fingerprint density at radius 3 is 2.69 bits per heavy atom. The molecule has 146 valence electrons. The average molecular weight is 473 g/mol. The van der Waals surface area contributed by atoms with Gasteiger partial charge in [-0.15, -0.1) is 0 Å². The van der Waals surface area contributed by atoms with Gasteiger partial charge in [-0.3, -0.25) is 0 Å². The summed E-state index contributed by atoms with van der Waals surface area (Å²) in [6, 6.07) is 15.4. The van der Waals surface area contributed by atoms with Crippen LogP contribution in [0.2, 0.25) is 0 Å². The van der Waals surface area contributed by atoms with Gasteiger partial charge < -0.3 is 10.0 Å². The van der Waals surface area contributed by atoms with Crippen molar-refractivity contribution >= 4 is 50.4 Å². The van der Waals surface area contributed by atoms with Gasteiger partial charge in [0, 0.05) is 29.1 Å². The van der Waals surface area contributed by atoms with Crippen LogP contribution in [0.4, 0.5) is 20.4 Å². The fraction of sp³-hybridized carbons (Fsp3) is 0.0476. The highest BCUT2D eigenvalue weighted by Crippen LogP contribution is 2.32. The van der Waals surface area contributed by atoms with Crippen molar-refractivity contribution in [3.05, 3.63) is 76.9 Å². The first-order valence-corrected chi connectivity index (χ1v) is 10.3. The number of fused-ring (bicyclic) bond motifs is 1. The van der Waals surface area contributed by atoms with E-state index in [1.165, 1.54) is 6.07 Å². The van der Waals surface area contributed by atoms with E-state index < -0.39 is 0 Å². The fourth-order valence-corrected chi connectivity index (χ4v) is 3.74. The van der Waals surface area contributed by atoms with E-state index in [1.54, 1.807) is 43.6 Å². The van der Waals surface area contributed by atoms with Crippen LogP contribution in [0.25, 0.3) is 22.0 Å². The summed E-state index contributed by atoms with van der Waals surface area (Å²) in [5, 5.41) is 3.72. The first kappa shape index (κ1) is 19.6. The molecule has 2 N–H and O–H groups in total.